The van der Waals surface area contributed by atoms with E-state index in [4.69, 9.17) is 4.84 Å². The highest BCUT2D eigenvalue weighted by atomic mass is 31.0. The Bertz CT molecular complexity index is 1480. The number of hydrogen-bond donors (Lipinski definition) is 2. The predicted molar refractivity (Wildman–Crippen MR) is 191 cm³/mol. The molecule has 0 radical (unpaired) electrons. The van der Waals surface area contributed by atoms with Crippen LogP contribution >= 0.6 is 8.86 Å². The summed E-state index contributed by atoms with van der Waals surface area (Å²) >= 11 is 0. The van der Waals surface area contributed by atoms with E-state index in [-0.39, 0.29) is 16.9 Å². The molecule has 1 aromatic heterocycles. The van der Waals surface area contributed by atoms with E-state index >= 15 is 0 Å². The number of rotatable bonds is 17. The summed E-state index contributed by atoms with van der Waals surface area (Å²) in [5.74, 6) is -0.187. The molecule has 0 fully saturated rings. The first-order valence-corrected chi connectivity index (χ1v) is 16.1. The Morgan fingerprint density at radius 1 is 1.24 bits per heavy atom. The van der Waals surface area contributed by atoms with Gasteiger partial charge in [0.05, 0.1) is 12.8 Å². The Balaban J connectivity index is 2.41. The standard InChI is InChI=1S/C37H51FN5OP/c1-10-13-18-37(6,7)22-31(35(12-3)43(8)25-29-15-14-16-32(38)27(29)5)36(45)40-19-17-28(20-26(4)11-2)30-21-33(42-44-9)34(23-39)41-24-30/h11-12,14-16,20-22,24,40,42,45H,10,13,17-19,25H2,1-9H3/b26-11-,28-20+,31-22+,35-12+. The Morgan fingerprint density at radius 2 is 1.98 bits per heavy atom. The smallest absolute Gasteiger partial charge is 0.165 e. The van der Waals surface area contributed by atoms with Crippen LogP contribution in [0.2, 0.25) is 0 Å². The van der Waals surface area contributed by atoms with Crippen LogP contribution in [0.5, 0.6) is 0 Å². The summed E-state index contributed by atoms with van der Waals surface area (Å²) in [7, 11) is 7.54. The molecule has 6 nitrogen and oxygen atoms in total. The second-order valence-electron chi connectivity index (χ2n) is 12.0. The summed E-state index contributed by atoms with van der Waals surface area (Å²) in [4.78, 5) is 11.6. The molecule has 0 bridgehead atoms. The first kappa shape index (κ1) is 37.6. The number of nitriles is 1. The lowest BCUT2D eigenvalue weighted by Gasteiger charge is -2.30. The summed E-state index contributed by atoms with van der Waals surface area (Å²) in [6.45, 7) is 15.9. The van der Waals surface area contributed by atoms with Crippen molar-refractivity contribution in [2.45, 2.75) is 80.7 Å². The van der Waals surface area contributed by atoms with E-state index in [1.807, 2.05) is 32.9 Å². The van der Waals surface area contributed by atoms with Gasteiger partial charge in [0.15, 0.2) is 5.69 Å². The van der Waals surface area contributed by atoms with Crippen LogP contribution in [0.4, 0.5) is 10.1 Å². The van der Waals surface area contributed by atoms with E-state index in [1.54, 1.807) is 12.3 Å². The number of unbranched alkanes of at least 4 members (excludes halogenated alkanes) is 1. The minimum atomic E-state index is -0.187. The first-order chi connectivity index (χ1) is 21.4. The zero-order valence-corrected chi connectivity index (χ0v) is 29.6. The topological polar surface area (TPSA) is 73.2 Å². The third-order valence-electron chi connectivity index (χ3n) is 7.86. The van der Waals surface area contributed by atoms with Crippen LogP contribution in [-0.2, 0) is 11.4 Å². The average molecular weight is 632 g/mol. The third kappa shape index (κ3) is 11.4. The quantitative estimate of drug-likeness (QED) is 0.103. The summed E-state index contributed by atoms with van der Waals surface area (Å²) in [5.41, 5.74) is 11.3. The molecule has 2 aromatic rings. The number of halogens is 1. The molecule has 2 rings (SSSR count). The van der Waals surface area contributed by atoms with Gasteiger partial charge in [-0.3, -0.25) is 15.6 Å². The van der Waals surface area contributed by atoms with E-state index in [1.165, 1.54) is 13.2 Å². The Labute approximate surface area is 273 Å². The van der Waals surface area contributed by atoms with E-state index in [9.17, 15) is 9.65 Å². The Morgan fingerprint density at radius 3 is 2.60 bits per heavy atom. The van der Waals surface area contributed by atoms with Crippen LogP contribution in [0.25, 0.3) is 5.57 Å². The molecule has 0 aliphatic rings. The number of benzene rings is 1. The fourth-order valence-electron chi connectivity index (χ4n) is 5.11. The molecule has 1 heterocycles. The normalized spacial score (nSPS) is 13.1. The first-order valence-electron chi connectivity index (χ1n) is 15.6. The van der Waals surface area contributed by atoms with Crippen LogP contribution in [0, 0.1) is 29.5 Å². The van der Waals surface area contributed by atoms with Crippen molar-refractivity contribution in [3.05, 3.63) is 99.8 Å². The van der Waals surface area contributed by atoms with Gasteiger partial charge in [-0.2, -0.15) is 5.26 Å². The number of anilines is 1. The number of allylic oxidation sites excluding steroid dienone is 5. The zero-order valence-electron chi connectivity index (χ0n) is 28.6. The van der Waals surface area contributed by atoms with Crippen molar-refractivity contribution in [2.24, 2.45) is 5.41 Å². The van der Waals surface area contributed by atoms with Gasteiger partial charge in [-0.25, -0.2) is 9.37 Å². The molecule has 242 valence electrons. The van der Waals surface area contributed by atoms with Crippen molar-refractivity contribution < 1.29 is 9.23 Å². The molecular formula is C37H51FN5OP. The van der Waals surface area contributed by atoms with Gasteiger partial charge in [0.2, 0.25) is 0 Å². The maximum absolute atomic E-state index is 14.4. The second-order valence-corrected chi connectivity index (χ2v) is 12.5. The lowest BCUT2D eigenvalue weighted by Crippen LogP contribution is -2.30. The second kappa shape index (κ2) is 18.4. The minimum Gasteiger partial charge on any atom is -0.370 e. The molecule has 0 aliphatic heterocycles. The lowest BCUT2D eigenvalue weighted by atomic mass is 9.84. The fraction of sp³-hybridized carbons (Fsp3) is 0.432. The van der Waals surface area contributed by atoms with Crippen molar-refractivity contribution in [3.8, 4) is 6.07 Å². The van der Waals surface area contributed by atoms with E-state index in [2.05, 4.69) is 94.7 Å². The van der Waals surface area contributed by atoms with Crippen molar-refractivity contribution in [3.63, 3.8) is 0 Å². The van der Waals surface area contributed by atoms with Gasteiger partial charge >= 0.3 is 0 Å². The number of hydrogen-bond acceptors (Lipinski definition) is 5. The molecule has 0 amide bonds. The van der Waals surface area contributed by atoms with Gasteiger partial charge in [-0.15, -0.1) is 8.86 Å². The molecule has 1 aromatic carbocycles. The van der Waals surface area contributed by atoms with Crippen molar-refractivity contribution in [2.75, 3.05) is 26.2 Å². The van der Waals surface area contributed by atoms with E-state index in [0.29, 0.717) is 30.8 Å². The molecule has 45 heavy (non-hydrogen) atoms. The van der Waals surface area contributed by atoms with Gasteiger partial charge in [0, 0.05) is 43.0 Å². The van der Waals surface area contributed by atoms with Crippen molar-refractivity contribution >= 4 is 25.5 Å². The van der Waals surface area contributed by atoms with Crippen molar-refractivity contribution in [1.29, 1.82) is 5.26 Å². The van der Waals surface area contributed by atoms with Crippen LogP contribution < -0.4 is 10.8 Å². The van der Waals surface area contributed by atoms with Gasteiger partial charge in [-0.1, -0.05) is 75.6 Å². The summed E-state index contributed by atoms with van der Waals surface area (Å²) in [6, 6.07) is 9.26. The van der Waals surface area contributed by atoms with Gasteiger partial charge in [-0.05, 0) is 80.3 Å². The highest BCUT2D eigenvalue weighted by Gasteiger charge is 2.21. The Hall–Kier alpha value is -3.56. The van der Waals surface area contributed by atoms with Gasteiger partial charge < -0.3 is 4.90 Å². The highest BCUT2D eigenvalue weighted by Crippen LogP contribution is 2.31. The number of aromatic nitrogens is 1. The molecule has 0 unspecified atom stereocenters. The summed E-state index contributed by atoms with van der Waals surface area (Å²) in [5, 5.41) is 13.1. The maximum atomic E-state index is 14.4. The molecule has 0 atom stereocenters. The summed E-state index contributed by atoms with van der Waals surface area (Å²) in [6.07, 6.45) is 14.4. The van der Waals surface area contributed by atoms with Crippen LogP contribution in [0.3, 0.4) is 0 Å². The van der Waals surface area contributed by atoms with Gasteiger partial charge in [0.1, 0.15) is 11.9 Å². The fourth-order valence-corrected chi connectivity index (χ4v) is 5.43. The maximum Gasteiger partial charge on any atom is 0.165 e. The minimum absolute atomic E-state index is 0.0399. The number of nitrogens with one attached hydrogen (secondary N) is 2. The lowest BCUT2D eigenvalue weighted by molar-refractivity contribution is 0.270. The van der Waals surface area contributed by atoms with Crippen LogP contribution in [-0.4, -0.2) is 36.0 Å². The van der Waals surface area contributed by atoms with E-state index in [0.717, 1.165) is 58.2 Å². The van der Waals surface area contributed by atoms with Crippen LogP contribution in [0.15, 0.2) is 71.6 Å². The Kier molecular flexibility index (Phi) is 15.4. The molecule has 0 aliphatic carbocycles. The average Bonchev–Trinajstić information content (AvgIpc) is 3.01. The number of nitrogens with zero attached hydrogens (tertiary/aromatic N) is 3. The van der Waals surface area contributed by atoms with Gasteiger partial charge in [0.25, 0.3) is 0 Å². The van der Waals surface area contributed by atoms with Crippen LogP contribution in [0.1, 0.15) is 89.6 Å². The molecule has 0 spiro atoms. The third-order valence-corrected chi connectivity index (χ3v) is 8.30. The molecule has 8 heteroatoms. The van der Waals surface area contributed by atoms with E-state index < -0.39 is 0 Å². The molecule has 2 N–H and O–H groups in total. The summed E-state index contributed by atoms with van der Waals surface area (Å²) < 4.78 is 14.4. The number of pyridine rings is 1. The number of likely N-dealkylation sites (N-methyl/N-ethyl adjacent to an activating group) is 1. The predicted octanol–water partition coefficient (Wildman–Crippen LogP) is 9.15. The van der Waals surface area contributed by atoms with Crippen molar-refractivity contribution in [1.82, 2.24) is 15.2 Å². The molecular weight excluding hydrogens is 580 g/mol. The molecule has 0 saturated heterocycles. The molecule has 0 saturated carbocycles. The highest BCUT2D eigenvalue weighted by molar-refractivity contribution is 7.22. The largest absolute Gasteiger partial charge is 0.370 e. The zero-order chi connectivity index (χ0) is 33.6. The monoisotopic (exact) mass is 631 g/mol. The SMILES string of the molecule is C/C=C(C)\C=C(/CCNC(=P)C(=C/C(C)(C)CCCC)/C(=C\C)N(C)Cc1cccc(F)c1C)c1cnc(C#N)c(NOC)c1.